The summed E-state index contributed by atoms with van der Waals surface area (Å²) in [6.45, 7) is 1.76. The first kappa shape index (κ1) is 17.1. The highest BCUT2D eigenvalue weighted by Crippen LogP contribution is 2.14. The van der Waals surface area contributed by atoms with Gasteiger partial charge in [-0.05, 0) is 36.8 Å². The van der Waals surface area contributed by atoms with Crippen molar-refractivity contribution in [2.24, 2.45) is 0 Å². The zero-order chi connectivity index (χ0) is 16.9. The maximum absolute atomic E-state index is 12.9. The third-order valence-corrected chi connectivity index (χ3v) is 5.18. The van der Waals surface area contributed by atoms with E-state index in [0.717, 1.165) is 5.56 Å². The monoisotopic (exact) mass is 335 g/mol. The van der Waals surface area contributed by atoms with Crippen LogP contribution in [0.1, 0.15) is 24.9 Å². The fourth-order valence-electron chi connectivity index (χ4n) is 2.12. The van der Waals surface area contributed by atoms with Crippen molar-refractivity contribution >= 4 is 15.7 Å². The third kappa shape index (κ3) is 4.89. The number of nitrogens with one attached hydrogen (secondary N) is 1. The van der Waals surface area contributed by atoms with E-state index in [1.165, 1.54) is 24.3 Å². The second kappa shape index (κ2) is 7.37. The second-order valence-electron chi connectivity index (χ2n) is 5.22. The molecular weight excluding hydrogens is 317 g/mol. The zero-order valence-electron chi connectivity index (χ0n) is 12.7. The van der Waals surface area contributed by atoms with Crippen molar-refractivity contribution in [1.29, 1.82) is 0 Å². The summed E-state index contributed by atoms with van der Waals surface area (Å²) in [4.78, 5) is 12.1. The number of sulfone groups is 1. The number of amides is 1. The molecule has 0 spiro atoms. The van der Waals surface area contributed by atoms with Gasteiger partial charge in [0.15, 0.2) is 9.84 Å². The van der Waals surface area contributed by atoms with Crippen LogP contribution in [0.2, 0.25) is 0 Å². The van der Waals surface area contributed by atoms with Gasteiger partial charge in [0.25, 0.3) is 0 Å². The molecule has 6 heteroatoms. The molecule has 0 radical (unpaired) electrons. The van der Waals surface area contributed by atoms with Crippen LogP contribution in [-0.2, 0) is 14.6 Å². The molecule has 0 fully saturated rings. The first-order chi connectivity index (χ1) is 10.9. The van der Waals surface area contributed by atoms with Gasteiger partial charge in [0.05, 0.1) is 16.7 Å². The van der Waals surface area contributed by atoms with E-state index in [2.05, 4.69) is 5.32 Å². The summed E-state index contributed by atoms with van der Waals surface area (Å²) in [5, 5.41) is 2.71. The third-order valence-electron chi connectivity index (χ3n) is 3.45. The highest BCUT2D eigenvalue weighted by Gasteiger charge is 2.17. The SMILES string of the molecule is C[C@H](NC(=O)CCS(=O)(=O)c1ccccc1)c1ccc(F)cc1. The topological polar surface area (TPSA) is 63.2 Å². The van der Waals surface area contributed by atoms with Gasteiger partial charge in [-0.2, -0.15) is 0 Å². The molecule has 0 unspecified atom stereocenters. The molecule has 122 valence electrons. The van der Waals surface area contributed by atoms with Gasteiger partial charge in [-0.1, -0.05) is 30.3 Å². The van der Waals surface area contributed by atoms with Crippen LogP contribution >= 0.6 is 0 Å². The van der Waals surface area contributed by atoms with E-state index in [-0.39, 0.29) is 34.8 Å². The fourth-order valence-corrected chi connectivity index (χ4v) is 3.38. The summed E-state index contributed by atoms with van der Waals surface area (Å²) in [6.07, 6.45) is -0.122. The Morgan fingerprint density at radius 2 is 1.70 bits per heavy atom. The van der Waals surface area contributed by atoms with Gasteiger partial charge in [0, 0.05) is 6.42 Å². The zero-order valence-corrected chi connectivity index (χ0v) is 13.5. The number of carbonyl (C=O) groups is 1. The Morgan fingerprint density at radius 3 is 2.30 bits per heavy atom. The molecule has 0 saturated heterocycles. The Balaban J connectivity index is 1.91. The molecule has 4 nitrogen and oxygen atoms in total. The van der Waals surface area contributed by atoms with E-state index in [9.17, 15) is 17.6 Å². The maximum Gasteiger partial charge on any atom is 0.221 e. The molecule has 0 saturated carbocycles. The lowest BCUT2D eigenvalue weighted by Gasteiger charge is -2.14. The van der Waals surface area contributed by atoms with E-state index < -0.39 is 9.84 Å². The normalized spacial score (nSPS) is 12.6. The summed E-state index contributed by atoms with van der Waals surface area (Å²) in [5.74, 6) is -0.957. The van der Waals surface area contributed by atoms with Crippen LogP contribution in [0, 0.1) is 5.82 Å². The highest BCUT2D eigenvalue weighted by molar-refractivity contribution is 7.91. The molecule has 2 rings (SSSR count). The quantitative estimate of drug-likeness (QED) is 0.883. The van der Waals surface area contributed by atoms with E-state index in [4.69, 9.17) is 0 Å². The van der Waals surface area contributed by atoms with Gasteiger partial charge in [0.2, 0.25) is 5.91 Å². The van der Waals surface area contributed by atoms with Crippen molar-refractivity contribution in [3.63, 3.8) is 0 Å². The first-order valence-corrected chi connectivity index (χ1v) is 8.86. The van der Waals surface area contributed by atoms with Crippen molar-refractivity contribution < 1.29 is 17.6 Å². The summed E-state index contributed by atoms with van der Waals surface area (Å²) in [6, 6.07) is 13.5. The van der Waals surface area contributed by atoms with Crippen molar-refractivity contribution in [3.8, 4) is 0 Å². The molecule has 1 N–H and O–H groups in total. The first-order valence-electron chi connectivity index (χ1n) is 7.21. The largest absolute Gasteiger partial charge is 0.350 e. The average molecular weight is 335 g/mol. The molecule has 1 amide bonds. The lowest BCUT2D eigenvalue weighted by molar-refractivity contribution is -0.121. The number of carbonyl (C=O) groups excluding carboxylic acids is 1. The van der Waals surface area contributed by atoms with Crippen molar-refractivity contribution in [2.75, 3.05) is 5.75 Å². The minimum atomic E-state index is -3.47. The minimum Gasteiger partial charge on any atom is -0.350 e. The van der Waals surface area contributed by atoms with E-state index in [0.29, 0.717) is 0 Å². The van der Waals surface area contributed by atoms with Gasteiger partial charge < -0.3 is 5.32 Å². The molecule has 0 heterocycles. The number of hydrogen-bond donors (Lipinski definition) is 1. The van der Waals surface area contributed by atoms with E-state index >= 15 is 0 Å². The van der Waals surface area contributed by atoms with Crippen LogP contribution < -0.4 is 5.32 Å². The number of hydrogen-bond acceptors (Lipinski definition) is 3. The molecule has 2 aromatic rings. The second-order valence-corrected chi connectivity index (χ2v) is 7.33. The van der Waals surface area contributed by atoms with Crippen LogP contribution in [0.15, 0.2) is 59.5 Å². The minimum absolute atomic E-state index is 0.122. The molecule has 0 aliphatic rings. The van der Waals surface area contributed by atoms with Crippen molar-refractivity contribution in [2.45, 2.75) is 24.3 Å². The van der Waals surface area contributed by atoms with Crippen LogP contribution in [-0.4, -0.2) is 20.1 Å². The van der Waals surface area contributed by atoms with Gasteiger partial charge in [-0.25, -0.2) is 12.8 Å². The summed E-state index contributed by atoms with van der Waals surface area (Å²) >= 11 is 0. The molecule has 2 aromatic carbocycles. The van der Waals surface area contributed by atoms with Crippen LogP contribution in [0.5, 0.6) is 0 Å². The Kier molecular flexibility index (Phi) is 5.50. The molecule has 0 aromatic heterocycles. The lowest BCUT2D eigenvalue weighted by atomic mass is 10.1. The van der Waals surface area contributed by atoms with Crippen LogP contribution in [0.25, 0.3) is 0 Å². The number of benzene rings is 2. The summed E-state index contributed by atoms with van der Waals surface area (Å²) in [7, 11) is -3.47. The van der Waals surface area contributed by atoms with Gasteiger partial charge in [0.1, 0.15) is 5.82 Å². The standard InChI is InChI=1S/C17H18FNO3S/c1-13(14-7-9-15(18)10-8-14)19-17(20)11-12-23(21,22)16-5-3-2-4-6-16/h2-10,13H,11-12H2,1H3,(H,19,20)/t13-/m0/s1. The molecule has 0 aliphatic heterocycles. The van der Waals surface area contributed by atoms with Crippen molar-refractivity contribution in [1.82, 2.24) is 5.32 Å². The molecule has 0 aliphatic carbocycles. The van der Waals surface area contributed by atoms with Gasteiger partial charge >= 0.3 is 0 Å². The predicted molar refractivity (Wildman–Crippen MR) is 86.1 cm³/mol. The lowest BCUT2D eigenvalue weighted by Crippen LogP contribution is -2.28. The molecule has 1 atom stereocenters. The summed E-state index contributed by atoms with van der Waals surface area (Å²) in [5.41, 5.74) is 0.755. The van der Waals surface area contributed by atoms with Crippen LogP contribution in [0.4, 0.5) is 4.39 Å². The van der Waals surface area contributed by atoms with E-state index in [1.54, 1.807) is 37.3 Å². The molecule has 0 bridgehead atoms. The van der Waals surface area contributed by atoms with Crippen LogP contribution in [0.3, 0.4) is 0 Å². The Bertz CT molecular complexity index is 758. The number of rotatable bonds is 6. The van der Waals surface area contributed by atoms with Gasteiger partial charge in [-0.15, -0.1) is 0 Å². The average Bonchev–Trinajstić information content (AvgIpc) is 2.54. The predicted octanol–water partition coefficient (Wildman–Crippen LogP) is 2.87. The fraction of sp³-hybridized carbons (Fsp3) is 0.235. The maximum atomic E-state index is 12.9. The number of halogens is 1. The Labute approximate surface area is 135 Å². The molecular formula is C17H18FNO3S. The Hall–Kier alpha value is -2.21. The van der Waals surface area contributed by atoms with E-state index in [1.807, 2.05) is 0 Å². The highest BCUT2D eigenvalue weighted by atomic mass is 32.2. The van der Waals surface area contributed by atoms with Gasteiger partial charge in [-0.3, -0.25) is 4.79 Å². The summed E-state index contributed by atoms with van der Waals surface area (Å²) < 4.78 is 37.1. The smallest absolute Gasteiger partial charge is 0.221 e. The Morgan fingerprint density at radius 1 is 1.09 bits per heavy atom. The van der Waals surface area contributed by atoms with Crippen molar-refractivity contribution in [3.05, 3.63) is 66.0 Å². The molecule has 23 heavy (non-hydrogen) atoms.